The first-order valence-corrected chi connectivity index (χ1v) is 8.31. The van der Waals surface area contributed by atoms with Gasteiger partial charge in [0.1, 0.15) is 4.90 Å². The van der Waals surface area contributed by atoms with Crippen molar-refractivity contribution in [3.63, 3.8) is 0 Å². The zero-order valence-corrected chi connectivity index (χ0v) is 13.3. The average molecular weight is 400 g/mol. The number of nitrogen functional groups attached to an aromatic ring is 1. The molecule has 1 aliphatic heterocycles. The molecule has 0 aliphatic carbocycles. The third kappa shape index (κ3) is 3.05. The highest BCUT2D eigenvalue weighted by molar-refractivity contribution is 9.11. The fourth-order valence-electron chi connectivity index (χ4n) is 1.77. The Morgan fingerprint density at radius 2 is 2.11 bits per heavy atom. The van der Waals surface area contributed by atoms with E-state index in [4.69, 9.17) is 10.5 Å². The Morgan fingerprint density at radius 3 is 2.67 bits per heavy atom. The minimum atomic E-state index is -3.64. The van der Waals surface area contributed by atoms with E-state index in [9.17, 15) is 8.42 Å². The summed E-state index contributed by atoms with van der Waals surface area (Å²) in [6.07, 6.45) is 0.674. The highest BCUT2D eigenvalue weighted by Crippen LogP contribution is 2.31. The van der Waals surface area contributed by atoms with Gasteiger partial charge in [-0.1, -0.05) is 15.9 Å². The maximum Gasteiger partial charge on any atom is 0.244 e. The van der Waals surface area contributed by atoms with Gasteiger partial charge in [0.25, 0.3) is 0 Å². The van der Waals surface area contributed by atoms with Crippen LogP contribution in [0.5, 0.6) is 0 Å². The summed E-state index contributed by atoms with van der Waals surface area (Å²) >= 11 is 6.48. The zero-order valence-electron chi connectivity index (χ0n) is 9.32. The molecule has 100 valence electrons. The van der Waals surface area contributed by atoms with Crippen molar-refractivity contribution in [1.29, 1.82) is 0 Å². The van der Waals surface area contributed by atoms with E-state index in [0.29, 0.717) is 24.1 Å². The van der Waals surface area contributed by atoms with Crippen molar-refractivity contribution in [1.82, 2.24) is 4.72 Å². The van der Waals surface area contributed by atoms with Crippen molar-refractivity contribution in [3.05, 3.63) is 21.1 Å². The average Bonchev–Trinajstić information content (AvgIpc) is 2.66. The van der Waals surface area contributed by atoms with Crippen LogP contribution in [0.15, 0.2) is 26.0 Å². The van der Waals surface area contributed by atoms with Gasteiger partial charge in [-0.05, 0) is 34.5 Å². The normalized spacial score (nSPS) is 20.2. The zero-order chi connectivity index (χ0) is 13.3. The third-order valence-corrected chi connectivity index (χ3v) is 5.54. The molecule has 1 fully saturated rings. The highest BCUT2D eigenvalue weighted by atomic mass is 79.9. The van der Waals surface area contributed by atoms with Crippen LogP contribution in [0.25, 0.3) is 0 Å². The molecule has 18 heavy (non-hydrogen) atoms. The number of rotatable bonds is 3. The molecule has 1 unspecified atom stereocenters. The number of sulfonamides is 1. The van der Waals surface area contributed by atoms with Crippen LogP contribution in [0, 0.1) is 0 Å². The number of nitrogens with two attached hydrogens (primary N) is 1. The Bertz CT molecular complexity index is 533. The van der Waals surface area contributed by atoms with Gasteiger partial charge in [0.05, 0.1) is 12.3 Å². The minimum absolute atomic E-state index is 0.0672. The molecule has 1 atom stereocenters. The molecule has 0 radical (unpaired) electrons. The first-order valence-electron chi connectivity index (χ1n) is 5.25. The molecule has 2 rings (SSSR count). The van der Waals surface area contributed by atoms with E-state index in [1.807, 2.05) is 0 Å². The van der Waals surface area contributed by atoms with Crippen LogP contribution in [0.2, 0.25) is 0 Å². The lowest BCUT2D eigenvalue weighted by Gasteiger charge is -2.14. The van der Waals surface area contributed by atoms with E-state index < -0.39 is 10.0 Å². The third-order valence-electron chi connectivity index (χ3n) is 2.56. The number of anilines is 1. The molecule has 3 N–H and O–H groups in total. The fraction of sp³-hybridized carbons (Fsp3) is 0.400. The van der Waals surface area contributed by atoms with Gasteiger partial charge >= 0.3 is 0 Å². The number of hydrogen-bond acceptors (Lipinski definition) is 4. The van der Waals surface area contributed by atoms with Crippen LogP contribution < -0.4 is 10.5 Å². The number of benzene rings is 1. The van der Waals surface area contributed by atoms with Gasteiger partial charge in [0, 0.05) is 21.6 Å². The lowest BCUT2D eigenvalue weighted by Crippen LogP contribution is -2.35. The SMILES string of the molecule is Nc1cc(Br)cc(Br)c1S(=O)(=O)NC1CCOC1. The van der Waals surface area contributed by atoms with E-state index in [0.717, 1.165) is 4.47 Å². The van der Waals surface area contributed by atoms with E-state index in [2.05, 4.69) is 36.6 Å². The quantitative estimate of drug-likeness (QED) is 0.760. The van der Waals surface area contributed by atoms with Crippen LogP contribution in [-0.2, 0) is 14.8 Å². The molecular weight excluding hydrogens is 388 g/mol. The topological polar surface area (TPSA) is 81.4 Å². The Kier molecular flexibility index (Phi) is 4.32. The standard InChI is InChI=1S/C10H12Br2N2O3S/c11-6-3-8(12)10(9(13)4-6)18(15,16)14-7-1-2-17-5-7/h3-4,7,14H,1-2,5,13H2. The number of nitrogens with one attached hydrogen (secondary N) is 1. The molecule has 0 bridgehead atoms. The predicted molar refractivity (Wildman–Crippen MR) is 75.8 cm³/mol. The van der Waals surface area contributed by atoms with Gasteiger partial charge in [-0.15, -0.1) is 0 Å². The van der Waals surface area contributed by atoms with Crippen LogP contribution in [-0.4, -0.2) is 27.7 Å². The summed E-state index contributed by atoms with van der Waals surface area (Å²) in [6, 6.07) is 3.02. The second-order valence-corrected chi connectivity index (χ2v) is 7.41. The Balaban J connectivity index is 2.34. The summed E-state index contributed by atoms with van der Waals surface area (Å²) in [5, 5.41) is 0. The molecular formula is C10H12Br2N2O3S. The molecule has 1 aromatic carbocycles. The van der Waals surface area contributed by atoms with Crippen LogP contribution in [0.3, 0.4) is 0 Å². The summed E-state index contributed by atoms with van der Waals surface area (Å²) in [5.74, 6) is 0. The molecule has 1 aliphatic rings. The van der Waals surface area contributed by atoms with E-state index in [1.165, 1.54) is 0 Å². The van der Waals surface area contributed by atoms with Crippen LogP contribution in [0.4, 0.5) is 5.69 Å². The van der Waals surface area contributed by atoms with Crippen molar-refractivity contribution in [2.24, 2.45) is 0 Å². The summed E-state index contributed by atoms with van der Waals surface area (Å²) in [5.41, 5.74) is 5.97. The number of ether oxygens (including phenoxy) is 1. The van der Waals surface area contributed by atoms with Gasteiger partial charge in [-0.2, -0.15) is 0 Å². The van der Waals surface area contributed by atoms with Crippen molar-refractivity contribution < 1.29 is 13.2 Å². The second-order valence-electron chi connectivity index (χ2n) is 3.99. The second kappa shape index (κ2) is 5.46. The summed E-state index contributed by atoms with van der Waals surface area (Å²) in [4.78, 5) is 0.0672. The highest BCUT2D eigenvalue weighted by Gasteiger charge is 2.27. The van der Waals surface area contributed by atoms with Crippen LogP contribution >= 0.6 is 31.9 Å². The van der Waals surface area contributed by atoms with E-state index in [-0.39, 0.29) is 16.6 Å². The molecule has 0 amide bonds. The molecule has 1 saturated heterocycles. The lowest BCUT2D eigenvalue weighted by atomic mass is 10.3. The minimum Gasteiger partial charge on any atom is -0.398 e. The van der Waals surface area contributed by atoms with Gasteiger partial charge in [-0.25, -0.2) is 13.1 Å². The van der Waals surface area contributed by atoms with Crippen molar-refractivity contribution in [2.75, 3.05) is 18.9 Å². The first-order chi connectivity index (χ1) is 8.40. The summed E-state index contributed by atoms with van der Waals surface area (Å²) in [6.45, 7) is 0.970. The lowest BCUT2D eigenvalue weighted by molar-refractivity contribution is 0.192. The van der Waals surface area contributed by atoms with Crippen molar-refractivity contribution in [2.45, 2.75) is 17.4 Å². The Hall–Kier alpha value is -0.150. The summed E-state index contributed by atoms with van der Waals surface area (Å²) < 4.78 is 33.4. The van der Waals surface area contributed by atoms with E-state index in [1.54, 1.807) is 12.1 Å². The molecule has 1 aromatic rings. The molecule has 1 heterocycles. The van der Waals surface area contributed by atoms with Gasteiger partial charge in [0.2, 0.25) is 10.0 Å². The van der Waals surface area contributed by atoms with Gasteiger partial charge in [-0.3, -0.25) is 0 Å². The van der Waals surface area contributed by atoms with Crippen LogP contribution in [0.1, 0.15) is 6.42 Å². The Morgan fingerprint density at radius 1 is 1.39 bits per heavy atom. The van der Waals surface area contributed by atoms with E-state index >= 15 is 0 Å². The van der Waals surface area contributed by atoms with Crippen molar-refractivity contribution in [3.8, 4) is 0 Å². The van der Waals surface area contributed by atoms with Gasteiger partial charge in [0.15, 0.2) is 0 Å². The summed E-state index contributed by atoms with van der Waals surface area (Å²) in [7, 11) is -3.64. The maximum absolute atomic E-state index is 12.2. The first kappa shape index (κ1) is 14.3. The molecule has 0 saturated carbocycles. The monoisotopic (exact) mass is 398 g/mol. The fourth-order valence-corrected chi connectivity index (χ4v) is 5.09. The largest absolute Gasteiger partial charge is 0.398 e. The predicted octanol–water partition coefficient (Wildman–Crippen LogP) is 1.86. The molecule has 0 spiro atoms. The van der Waals surface area contributed by atoms with Gasteiger partial charge < -0.3 is 10.5 Å². The smallest absolute Gasteiger partial charge is 0.244 e. The number of halogens is 2. The molecule has 5 nitrogen and oxygen atoms in total. The number of hydrogen-bond donors (Lipinski definition) is 2. The maximum atomic E-state index is 12.2. The Labute approximate surface area is 122 Å². The molecule has 0 aromatic heterocycles. The molecule has 8 heteroatoms. The van der Waals surface area contributed by atoms with Crippen molar-refractivity contribution >= 4 is 47.6 Å².